The number of amides is 1. The van der Waals surface area contributed by atoms with Gasteiger partial charge in [-0.3, -0.25) is 9.10 Å². The Hall–Kier alpha value is -3.32. The molecule has 1 atom stereocenters. The molecule has 0 bridgehead atoms. The van der Waals surface area contributed by atoms with Gasteiger partial charge in [-0.2, -0.15) is 0 Å². The van der Waals surface area contributed by atoms with Crippen LogP contribution in [0.15, 0.2) is 83.8 Å². The zero-order chi connectivity index (χ0) is 22.4. The molecule has 0 aliphatic carbocycles. The number of aryl methyl sites for hydroxylation is 1. The van der Waals surface area contributed by atoms with Crippen LogP contribution in [0.3, 0.4) is 0 Å². The van der Waals surface area contributed by atoms with Crippen LogP contribution in [0.1, 0.15) is 24.1 Å². The molecule has 1 N–H and O–H groups in total. The van der Waals surface area contributed by atoms with Crippen LogP contribution >= 0.6 is 0 Å². The number of ether oxygens (including phenoxy) is 1. The maximum Gasteiger partial charge on any atom is 0.264 e. The van der Waals surface area contributed by atoms with Gasteiger partial charge in [0.25, 0.3) is 10.0 Å². The average molecular weight is 439 g/mol. The molecule has 0 spiro atoms. The average Bonchev–Trinajstić information content (AvgIpc) is 2.78. The number of rotatable bonds is 8. The SMILES string of the molecule is COc1ccccc1C(C)NC(=O)CN(c1ccccc1)S(=O)(=O)c1ccc(C)cc1. The molecule has 0 saturated heterocycles. The van der Waals surface area contributed by atoms with Crippen molar-refractivity contribution in [1.82, 2.24) is 5.32 Å². The number of nitrogens with one attached hydrogen (secondary N) is 1. The van der Waals surface area contributed by atoms with Gasteiger partial charge in [-0.25, -0.2) is 8.42 Å². The molecule has 162 valence electrons. The van der Waals surface area contributed by atoms with Crippen LogP contribution in [0.2, 0.25) is 0 Å². The largest absolute Gasteiger partial charge is 0.496 e. The van der Waals surface area contributed by atoms with Crippen molar-refractivity contribution in [3.8, 4) is 5.75 Å². The first-order valence-corrected chi connectivity index (χ1v) is 11.3. The van der Waals surface area contributed by atoms with Crippen LogP contribution in [0.5, 0.6) is 5.75 Å². The van der Waals surface area contributed by atoms with E-state index in [9.17, 15) is 13.2 Å². The standard InChI is InChI=1S/C24H26N2O4S/c1-18-13-15-21(16-14-18)31(28,29)26(20-9-5-4-6-10-20)17-24(27)25-19(2)22-11-7-8-12-23(22)30-3/h4-16,19H,17H2,1-3H3,(H,25,27). The van der Waals surface area contributed by atoms with E-state index in [4.69, 9.17) is 4.74 Å². The molecule has 0 heterocycles. The number of carbonyl (C=O) groups excluding carboxylic acids is 1. The fourth-order valence-electron chi connectivity index (χ4n) is 3.27. The summed E-state index contributed by atoms with van der Waals surface area (Å²) in [6.45, 7) is 3.37. The highest BCUT2D eigenvalue weighted by Crippen LogP contribution is 2.26. The minimum atomic E-state index is -3.93. The Kier molecular flexibility index (Phi) is 6.97. The van der Waals surface area contributed by atoms with Gasteiger partial charge in [0.15, 0.2) is 0 Å². The van der Waals surface area contributed by atoms with Crippen LogP contribution in [-0.4, -0.2) is 28.0 Å². The first-order chi connectivity index (χ1) is 14.8. The number of carbonyl (C=O) groups is 1. The minimum absolute atomic E-state index is 0.132. The van der Waals surface area contributed by atoms with E-state index in [2.05, 4.69) is 5.32 Å². The van der Waals surface area contributed by atoms with Gasteiger partial charge in [-0.1, -0.05) is 54.1 Å². The lowest BCUT2D eigenvalue weighted by molar-refractivity contribution is -0.120. The van der Waals surface area contributed by atoms with Crippen molar-refractivity contribution in [3.05, 3.63) is 90.0 Å². The van der Waals surface area contributed by atoms with E-state index < -0.39 is 15.9 Å². The molecule has 0 aliphatic heterocycles. The second-order valence-electron chi connectivity index (χ2n) is 7.19. The van der Waals surface area contributed by atoms with Crippen molar-refractivity contribution in [1.29, 1.82) is 0 Å². The third-order valence-corrected chi connectivity index (χ3v) is 6.71. The van der Waals surface area contributed by atoms with Gasteiger partial charge < -0.3 is 10.1 Å². The van der Waals surface area contributed by atoms with E-state index in [0.29, 0.717) is 11.4 Å². The molecule has 3 aromatic rings. The van der Waals surface area contributed by atoms with Crippen molar-refractivity contribution in [2.45, 2.75) is 24.8 Å². The molecular formula is C24H26N2O4S. The Morgan fingerprint density at radius 1 is 0.968 bits per heavy atom. The summed E-state index contributed by atoms with van der Waals surface area (Å²) in [5, 5.41) is 2.88. The summed E-state index contributed by atoms with van der Waals surface area (Å²) in [5.74, 6) is 0.237. The van der Waals surface area contributed by atoms with Gasteiger partial charge >= 0.3 is 0 Å². The van der Waals surface area contributed by atoms with Gasteiger partial charge in [-0.15, -0.1) is 0 Å². The number of methoxy groups -OCH3 is 1. The third-order valence-electron chi connectivity index (χ3n) is 4.92. The minimum Gasteiger partial charge on any atom is -0.496 e. The number of hydrogen-bond acceptors (Lipinski definition) is 4. The predicted molar refractivity (Wildman–Crippen MR) is 122 cm³/mol. The zero-order valence-corrected chi connectivity index (χ0v) is 18.6. The fraction of sp³-hybridized carbons (Fsp3) is 0.208. The van der Waals surface area contributed by atoms with Crippen molar-refractivity contribution >= 4 is 21.6 Å². The van der Waals surface area contributed by atoms with Crippen LogP contribution in [0.25, 0.3) is 0 Å². The number of anilines is 1. The Balaban J connectivity index is 1.87. The van der Waals surface area contributed by atoms with Gasteiger partial charge in [0.2, 0.25) is 5.91 Å². The summed E-state index contributed by atoms with van der Waals surface area (Å²) in [6, 6.07) is 22.2. The molecule has 0 fully saturated rings. The van der Waals surface area contributed by atoms with E-state index in [0.717, 1.165) is 15.4 Å². The zero-order valence-electron chi connectivity index (χ0n) is 17.8. The summed E-state index contributed by atoms with van der Waals surface area (Å²) in [5.41, 5.74) is 2.18. The molecule has 3 rings (SSSR count). The molecule has 0 aliphatic rings. The highest BCUT2D eigenvalue weighted by Gasteiger charge is 2.27. The topological polar surface area (TPSA) is 75.7 Å². The Morgan fingerprint density at radius 3 is 2.23 bits per heavy atom. The molecule has 1 amide bonds. The molecule has 3 aromatic carbocycles. The van der Waals surface area contributed by atoms with Crippen molar-refractivity contribution in [3.63, 3.8) is 0 Å². The maximum absolute atomic E-state index is 13.4. The maximum atomic E-state index is 13.4. The first-order valence-electron chi connectivity index (χ1n) is 9.89. The van der Waals surface area contributed by atoms with E-state index in [-0.39, 0.29) is 17.5 Å². The monoisotopic (exact) mass is 438 g/mol. The molecule has 7 heteroatoms. The Morgan fingerprint density at radius 2 is 1.58 bits per heavy atom. The van der Waals surface area contributed by atoms with Crippen LogP contribution < -0.4 is 14.4 Å². The lowest BCUT2D eigenvalue weighted by atomic mass is 10.1. The number of benzene rings is 3. The molecule has 0 aromatic heterocycles. The Bertz CT molecular complexity index is 1130. The Labute approximate surface area is 183 Å². The highest BCUT2D eigenvalue weighted by atomic mass is 32.2. The third kappa shape index (κ3) is 5.24. The number of hydrogen-bond donors (Lipinski definition) is 1. The van der Waals surface area contributed by atoms with Gasteiger partial charge in [0.05, 0.1) is 23.7 Å². The summed E-state index contributed by atoms with van der Waals surface area (Å²) < 4.78 is 33.2. The molecular weight excluding hydrogens is 412 g/mol. The van der Waals surface area contributed by atoms with E-state index in [1.165, 1.54) is 0 Å². The van der Waals surface area contributed by atoms with Gasteiger partial charge in [0.1, 0.15) is 12.3 Å². The molecule has 1 unspecified atom stereocenters. The number of sulfonamides is 1. The normalized spacial score (nSPS) is 12.1. The quantitative estimate of drug-likeness (QED) is 0.575. The van der Waals surface area contributed by atoms with E-state index in [1.807, 2.05) is 38.1 Å². The van der Waals surface area contributed by atoms with Crippen LogP contribution in [-0.2, 0) is 14.8 Å². The molecule has 31 heavy (non-hydrogen) atoms. The van der Waals surface area contributed by atoms with Gasteiger partial charge in [0, 0.05) is 5.56 Å². The summed E-state index contributed by atoms with van der Waals surface area (Å²) in [6.07, 6.45) is 0. The van der Waals surface area contributed by atoms with Crippen LogP contribution in [0, 0.1) is 6.92 Å². The van der Waals surface area contributed by atoms with Crippen molar-refractivity contribution in [2.75, 3.05) is 18.0 Å². The molecule has 6 nitrogen and oxygen atoms in total. The summed E-state index contributed by atoms with van der Waals surface area (Å²) in [7, 11) is -2.36. The fourth-order valence-corrected chi connectivity index (χ4v) is 4.69. The summed E-state index contributed by atoms with van der Waals surface area (Å²) >= 11 is 0. The number of para-hydroxylation sites is 2. The smallest absolute Gasteiger partial charge is 0.264 e. The predicted octanol–water partition coefficient (Wildman–Crippen LogP) is 4.08. The second-order valence-corrected chi connectivity index (χ2v) is 9.05. The lowest BCUT2D eigenvalue weighted by Crippen LogP contribution is -2.41. The van der Waals surface area contributed by atoms with Crippen LogP contribution in [0.4, 0.5) is 5.69 Å². The molecule has 0 radical (unpaired) electrons. The highest BCUT2D eigenvalue weighted by molar-refractivity contribution is 7.92. The van der Waals surface area contributed by atoms with Crippen molar-refractivity contribution in [2.24, 2.45) is 0 Å². The van der Waals surface area contributed by atoms with E-state index in [1.54, 1.807) is 61.7 Å². The summed E-state index contributed by atoms with van der Waals surface area (Å²) in [4.78, 5) is 13.0. The second kappa shape index (κ2) is 9.66. The van der Waals surface area contributed by atoms with Crippen molar-refractivity contribution < 1.29 is 17.9 Å². The lowest BCUT2D eigenvalue weighted by Gasteiger charge is -2.25. The number of nitrogens with zero attached hydrogens (tertiary/aromatic N) is 1. The van der Waals surface area contributed by atoms with E-state index >= 15 is 0 Å². The molecule has 0 saturated carbocycles. The van der Waals surface area contributed by atoms with Gasteiger partial charge in [-0.05, 0) is 44.2 Å². The first kappa shape index (κ1) is 22.4.